The molecule has 1 amide bonds. The van der Waals surface area contributed by atoms with Gasteiger partial charge >= 0.3 is 0 Å². The zero-order valence-electron chi connectivity index (χ0n) is 12.4. The number of aryl methyl sites for hydroxylation is 2. The normalized spacial score (nSPS) is 12.3. The Morgan fingerprint density at radius 3 is 2.95 bits per heavy atom. The predicted octanol–water partition coefficient (Wildman–Crippen LogP) is 1.32. The monoisotopic (exact) mass is 309 g/mol. The first kappa shape index (κ1) is 15.6. The van der Waals surface area contributed by atoms with Crippen molar-refractivity contribution in [2.45, 2.75) is 39.1 Å². The van der Waals surface area contributed by atoms with E-state index in [9.17, 15) is 4.79 Å². The average molecular weight is 309 g/mol. The van der Waals surface area contributed by atoms with Crippen molar-refractivity contribution in [3.63, 3.8) is 0 Å². The standard InChI is InChI=1S/C13H19N5O2S/c1-9(4-18-8-14-7-15-18)16-13(19)6-21-5-12-10(2)17-20-11(12)3/h7-9H,4-6H2,1-3H3,(H,16,19). The van der Waals surface area contributed by atoms with Gasteiger partial charge in [0.2, 0.25) is 5.91 Å². The summed E-state index contributed by atoms with van der Waals surface area (Å²) in [6.07, 6.45) is 3.11. The topological polar surface area (TPSA) is 85.8 Å². The van der Waals surface area contributed by atoms with E-state index in [4.69, 9.17) is 4.52 Å². The van der Waals surface area contributed by atoms with Gasteiger partial charge in [0.25, 0.3) is 0 Å². The van der Waals surface area contributed by atoms with Gasteiger partial charge < -0.3 is 9.84 Å². The lowest BCUT2D eigenvalue weighted by atomic mass is 10.2. The first-order valence-electron chi connectivity index (χ1n) is 6.67. The van der Waals surface area contributed by atoms with Gasteiger partial charge in [0.1, 0.15) is 18.4 Å². The van der Waals surface area contributed by atoms with E-state index < -0.39 is 0 Å². The lowest BCUT2D eigenvalue weighted by Crippen LogP contribution is -2.36. The fourth-order valence-corrected chi connectivity index (χ4v) is 2.91. The molecular formula is C13H19N5O2S. The average Bonchev–Trinajstić information content (AvgIpc) is 3.03. The van der Waals surface area contributed by atoms with E-state index in [2.05, 4.69) is 20.6 Å². The number of amides is 1. The van der Waals surface area contributed by atoms with Crippen molar-refractivity contribution >= 4 is 17.7 Å². The molecule has 0 saturated carbocycles. The van der Waals surface area contributed by atoms with E-state index in [1.54, 1.807) is 22.8 Å². The number of nitrogens with zero attached hydrogens (tertiary/aromatic N) is 4. The minimum Gasteiger partial charge on any atom is -0.361 e. The summed E-state index contributed by atoms with van der Waals surface area (Å²) >= 11 is 1.55. The van der Waals surface area contributed by atoms with Crippen molar-refractivity contribution in [3.8, 4) is 0 Å². The van der Waals surface area contributed by atoms with Crippen LogP contribution in [0.3, 0.4) is 0 Å². The summed E-state index contributed by atoms with van der Waals surface area (Å²) in [5.74, 6) is 1.97. The van der Waals surface area contributed by atoms with Crippen LogP contribution in [-0.2, 0) is 17.1 Å². The van der Waals surface area contributed by atoms with Gasteiger partial charge in [-0.15, -0.1) is 11.8 Å². The minimum absolute atomic E-state index is 0.0128. The maximum absolute atomic E-state index is 11.9. The third kappa shape index (κ3) is 4.59. The van der Waals surface area contributed by atoms with Crippen LogP contribution >= 0.6 is 11.8 Å². The van der Waals surface area contributed by atoms with Gasteiger partial charge in [0.15, 0.2) is 0 Å². The molecule has 0 radical (unpaired) electrons. The summed E-state index contributed by atoms with van der Waals surface area (Å²) < 4.78 is 6.79. The number of nitrogens with one attached hydrogen (secondary N) is 1. The third-order valence-electron chi connectivity index (χ3n) is 3.00. The van der Waals surface area contributed by atoms with E-state index in [-0.39, 0.29) is 11.9 Å². The maximum atomic E-state index is 11.9. The largest absolute Gasteiger partial charge is 0.361 e. The van der Waals surface area contributed by atoms with Gasteiger partial charge in [0, 0.05) is 17.4 Å². The Hall–Kier alpha value is -1.83. The number of carbonyl (C=O) groups is 1. The van der Waals surface area contributed by atoms with Crippen LogP contribution in [0, 0.1) is 13.8 Å². The Kier molecular flexibility index (Phi) is 5.38. The van der Waals surface area contributed by atoms with E-state index in [1.165, 1.54) is 6.33 Å². The number of hydrogen-bond donors (Lipinski definition) is 1. The van der Waals surface area contributed by atoms with Crippen LogP contribution in [0.1, 0.15) is 23.9 Å². The van der Waals surface area contributed by atoms with E-state index in [0.717, 1.165) is 22.8 Å². The summed E-state index contributed by atoms with van der Waals surface area (Å²) in [5.41, 5.74) is 1.96. The molecule has 0 aromatic carbocycles. The van der Waals surface area contributed by atoms with Gasteiger partial charge in [-0.25, -0.2) is 4.98 Å². The van der Waals surface area contributed by atoms with Crippen LogP contribution < -0.4 is 5.32 Å². The van der Waals surface area contributed by atoms with Gasteiger partial charge in [-0.2, -0.15) is 5.10 Å². The van der Waals surface area contributed by atoms with Crippen LogP contribution in [-0.4, -0.2) is 37.6 Å². The highest BCUT2D eigenvalue weighted by Gasteiger charge is 2.11. The number of rotatable bonds is 7. The summed E-state index contributed by atoms with van der Waals surface area (Å²) in [7, 11) is 0. The molecule has 0 bridgehead atoms. The van der Waals surface area contributed by atoms with Gasteiger partial charge in [-0.05, 0) is 20.8 Å². The lowest BCUT2D eigenvalue weighted by Gasteiger charge is -2.13. The quantitative estimate of drug-likeness (QED) is 0.830. The molecule has 0 aliphatic rings. The fourth-order valence-electron chi connectivity index (χ4n) is 1.92. The van der Waals surface area contributed by atoms with Crippen LogP contribution in [0.2, 0.25) is 0 Å². The predicted molar refractivity (Wildman–Crippen MR) is 79.8 cm³/mol. The van der Waals surface area contributed by atoms with Crippen molar-refractivity contribution in [3.05, 3.63) is 29.7 Å². The molecule has 2 aromatic rings. The van der Waals surface area contributed by atoms with Crippen molar-refractivity contribution in [2.24, 2.45) is 0 Å². The molecule has 1 atom stereocenters. The van der Waals surface area contributed by atoms with E-state index in [1.807, 2.05) is 20.8 Å². The van der Waals surface area contributed by atoms with Crippen LogP contribution in [0.15, 0.2) is 17.2 Å². The summed E-state index contributed by atoms with van der Waals surface area (Å²) in [5, 5.41) is 10.9. The molecule has 21 heavy (non-hydrogen) atoms. The Morgan fingerprint density at radius 1 is 1.52 bits per heavy atom. The number of carbonyl (C=O) groups excluding carboxylic acids is 1. The van der Waals surface area contributed by atoms with Crippen molar-refractivity contribution in [2.75, 3.05) is 5.75 Å². The molecule has 1 N–H and O–H groups in total. The molecule has 7 nitrogen and oxygen atoms in total. The molecule has 0 spiro atoms. The smallest absolute Gasteiger partial charge is 0.230 e. The second kappa shape index (κ2) is 7.26. The fraction of sp³-hybridized carbons (Fsp3) is 0.538. The molecule has 0 aliphatic carbocycles. The zero-order valence-corrected chi connectivity index (χ0v) is 13.2. The van der Waals surface area contributed by atoms with Crippen LogP contribution in [0.4, 0.5) is 0 Å². The SMILES string of the molecule is Cc1noc(C)c1CSCC(=O)NC(C)Cn1cncn1. The van der Waals surface area contributed by atoms with Crippen LogP contribution in [0.5, 0.6) is 0 Å². The van der Waals surface area contributed by atoms with Gasteiger partial charge in [-0.1, -0.05) is 5.16 Å². The highest BCUT2D eigenvalue weighted by molar-refractivity contribution is 7.99. The number of aromatic nitrogens is 4. The molecule has 2 heterocycles. The van der Waals surface area contributed by atoms with Crippen molar-refractivity contribution in [1.29, 1.82) is 0 Å². The van der Waals surface area contributed by atoms with Gasteiger partial charge in [0.05, 0.1) is 18.0 Å². The third-order valence-corrected chi connectivity index (χ3v) is 3.95. The molecule has 8 heteroatoms. The Morgan fingerprint density at radius 2 is 2.33 bits per heavy atom. The Bertz CT molecular complexity index is 562. The minimum atomic E-state index is 0.0128. The maximum Gasteiger partial charge on any atom is 0.230 e. The first-order chi connectivity index (χ1) is 10.1. The molecule has 0 fully saturated rings. The number of thioether (sulfide) groups is 1. The zero-order chi connectivity index (χ0) is 15.2. The molecule has 0 saturated heterocycles. The Balaban J connectivity index is 1.70. The summed E-state index contributed by atoms with van der Waals surface area (Å²) in [6.45, 7) is 6.35. The molecule has 114 valence electrons. The van der Waals surface area contributed by atoms with Crippen molar-refractivity contribution in [1.82, 2.24) is 25.2 Å². The Labute approximate surface area is 127 Å². The lowest BCUT2D eigenvalue weighted by molar-refractivity contribution is -0.119. The van der Waals surface area contributed by atoms with E-state index >= 15 is 0 Å². The molecular weight excluding hydrogens is 290 g/mol. The second-order valence-electron chi connectivity index (χ2n) is 4.88. The molecule has 0 aliphatic heterocycles. The highest BCUT2D eigenvalue weighted by Crippen LogP contribution is 2.19. The molecule has 2 rings (SSSR count). The second-order valence-corrected chi connectivity index (χ2v) is 5.87. The van der Waals surface area contributed by atoms with E-state index in [0.29, 0.717) is 12.3 Å². The van der Waals surface area contributed by atoms with Gasteiger partial charge in [-0.3, -0.25) is 9.48 Å². The van der Waals surface area contributed by atoms with Crippen LogP contribution in [0.25, 0.3) is 0 Å². The highest BCUT2D eigenvalue weighted by atomic mass is 32.2. The van der Waals surface area contributed by atoms with Crippen molar-refractivity contribution < 1.29 is 9.32 Å². The summed E-state index contributed by atoms with van der Waals surface area (Å²) in [6, 6.07) is 0.0128. The molecule has 2 aromatic heterocycles. The number of hydrogen-bond acceptors (Lipinski definition) is 6. The summed E-state index contributed by atoms with van der Waals surface area (Å²) in [4.78, 5) is 15.7. The molecule has 1 unspecified atom stereocenters. The first-order valence-corrected chi connectivity index (χ1v) is 7.83.